The fraction of sp³-hybridized carbons (Fsp3) is 0.479. The number of carbonyl (C=O) groups is 1. The van der Waals surface area contributed by atoms with Crippen molar-refractivity contribution < 1.29 is 29.6 Å². The molecule has 4 rings (SSSR count). The summed E-state index contributed by atoms with van der Waals surface area (Å²) in [5.74, 6) is 1.68. The van der Waals surface area contributed by atoms with Gasteiger partial charge in [0.1, 0.15) is 39.1 Å². The molecular formula is C48H72O6Si2. The number of benzene rings is 4. The highest BCUT2D eigenvalue weighted by atomic mass is 28.3. The SMILES string of the molecule is CC(=O)O.CC(C)(C)c1cc(OC[Si](C)(C)c2ccccc2)c(C(C)(C)C)cc1O.CC(C)(C)c1cc(OC[Si](C)(C)c2ccccc2)c(C(C)(C)C)cc1O. The molecule has 3 N–H and O–H groups in total. The number of aromatic hydroxyl groups is 2. The summed E-state index contributed by atoms with van der Waals surface area (Å²) in [7, 11) is -3.41. The smallest absolute Gasteiger partial charge is 0.300 e. The molecule has 8 heteroatoms. The molecule has 308 valence electrons. The molecule has 6 nitrogen and oxygen atoms in total. The van der Waals surface area contributed by atoms with Gasteiger partial charge in [-0.3, -0.25) is 4.79 Å². The zero-order valence-corrected chi connectivity index (χ0v) is 39.6. The van der Waals surface area contributed by atoms with Crippen LogP contribution in [0.3, 0.4) is 0 Å². The third kappa shape index (κ3) is 14.2. The van der Waals surface area contributed by atoms with Gasteiger partial charge in [-0.15, -0.1) is 0 Å². The molecule has 0 aliphatic rings. The second-order valence-electron chi connectivity index (χ2n) is 20.3. The molecule has 0 unspecified atom stereocenters. The monoisotopic (exact) mass is 800 g/mol. The van der Waals surface area contributed by atoms with Crippen molar-refractivity contribution in [3.05, 3.63) is 107 Å². The minimum absolute atomic E-state index is 0.0956. The summed E-state index contributed by atoms with van der Waals surface area (Å²) >= 11 is 0. The molecule has 0 bridgehead atoms. The van der Waals surface area contributed by atoms with Crippen LogP contribution in [0.2, 0.25) is 26.2 Å². The van der Waals surface area contributed by atoms with Gasteiger partial charge in [0.2, 0.25) is 0 Å². The molecule has 0 fully saturated rings. The highest BCUT2D eigenvalue weighted by Gasteiger charge is 2.31. The lowest BCUT2D eigenvalue weighted by Gasteiger charge is -2.30. The summed E-state index contributed by atoms with van der Waals surface area (Å²) in [5, 5.41) is 31.4. The van der Waals surface area contributed by atoms with Crippen LogP contribution in [0.4, 0.5) is 0 Å². The topological polar surface area (TPSA) is 96.2 Å². The molecule has 0 saturated heterocycles. The van der Waals surface area contributed by atoms with Gasteiger partial charge in [0.25, 0.3) is 5.97 Å². The summed E-state index contributed by atoms with van der Waals surface area (Å²) in [6.07, 6.45) is 1.43. The highest BCUT2D eigenvalue weighted by Crippen LogP contribution is 2.42. The van der Waals surface area contributed by atoms with Crippen LogP contribution in [0.25, 0.3) is 0 Å². The van der Waals surface area contributed by atoms with E-state index in [9.17, 15) is 10.2 Å². The molecule has 0 aliphatic heterocycles. The molecule has 0 aliphatic carbocycles. The van der Waals surface area contributed by atoms with E-state index in [2.05, 4.69) is 170 Å². The highest BCUT2D eigenvalue weighted by molar-refractivity contribution is 6.90. The fourth-order valence-corrected chi connectivity index (χ4v) is 9.77. The second-order valence-corrected chi connectivity index (χ2v) is 29.6. The number of ether oxygens (including phenoxy) is 2. The molecule has 0 heterocycles. The maximum absolute atomic E-state index is 10.6. The predicted octanol–water partition coefficient (Wildman–Crippen LogP) is 11.1. The van der Waals surface area contributed by atoms with E-state index in [1.165, 1.54) is 10.4 Å². The lowest BCUT2D eigenvalue weighted by molar-refractivity contribution is -0.134. The van der Waals surface area contributed by atoms with Crippen molar-refractivity contribution in [1.29, 1.82) is 0 Å². The van der Waals surface area contributed by atoms with Crippen LogP contribution in [0.5, 0.6) is 23.0 Å². The van der Waals surface area contributed by atoms with Gasteiger partial charge in [-0.2, -0.15) is 0 Å². The Balaban J connectivity index is 0.000000353. The van der Waals surface area contributed by atoms with Crippen molar-refractivity contribution in [2.45, 2.75) is 138 Å². The van der Waals surface area contributed by atoms with Gasteiger partial charge in [-0.1, -0.05) is 180 Å². The van der Waals surface area contributed by atoms with E-state index in [1.54, 1.807) is 0 Å². The van der Waals surface area contributed by atoms with Crippen molar-refractivity contribution >= 4 is 32.5 Å². The predicted molar refractivity (Wildman–Crippen MR) is 242 cm³/mol. The van der Waals surface area contributed by atoms with Crippen LogP contribution in [-0.2, 0) is 26.5 Å². The van der Waals surface area contributed by atoms with E-state index < -0.39 is 22.1 Å². The number of hydrogen-bond acceptors (Lipinski definition) is 5. The van der Waals surface area contributed by atoms with Crippen LogP contribution in [0.1, 0.15) is 112 Å². The van der Waals surface area contributed by atoms with Crippen LogP contribution in [0.15, 0.2) is 84.9 Å². The number of carboxylic acids is 1. The van der Waals surface area contributed by atoms with Crippen molar-refractivity contribution in [3.8, 4) is 23.0 Å². The van der Waals surface area contributed by atoms with Gasteiger partial charge in [0.15, 0.2) is 0 Å². The van der Waals surface area contributed by atoms with Crippen LogP contribution < -0.4 is 19.8 Å². The molecular weight excluding hydrogens is 729 g/mol. The number of hydrogen-bond donors (Lipinski definition) is 3. The zero-order valence-electron chi connectivity index (χ0n) is 37.6. The molecule has 0 amide bonds. The van der Waals surface area contributed by atoms with E-state index in [0.29, 0.717) is 24.0 Å². The summed E-state index contributed by atoms with van der Waals surface area (Å²) in [6, 6.07) is 29.2. The Bertz CT molecular complexity index is 1740. The average molecular weight is 801 g/mol. The molecule has 0 aromatic heterocycles. The van der Waals surface area contributed by atoms with E-state index in [0.717, 1.165) is 40.7 Å². The van der Waals surface area contributed by atoms with E-state index in [4.69, 9.17) is 19.4 Å². The summed E-state index contributed by atoms with van der Waals surface area (Å²) < 4.78 is 12.8. The standard InChI is InChI=1S/2C23H34O2Si.C2H4O2/c2*1-22(2,3)18-15-21(19(14-20(18)24)23(4,5)6)25-16-26(7,8)17-12-10-9-11-13-17;1-2(3)4/h2*9-15,24H,16H2,1-8H3;1H3,(H,3,4). The maximum atomic E-state index is 10.6. The summed E-state index contributed by atoms with van der Waals surface area (Å²) in [5.41, 5.74) is 3.51. The fourth-order valence-electron chi connectivity index (χ4n) is 6.21. The molecule has 4 aromatic rings. The Labute approximate surface area is 341 Å². The Morgan fingerprint density at radius 3 is 0.982 bits per heavy atom. The normalized spacial score (nSPS) is 12.4. The first-order valence-electron chi connectivity index (χ1n) is 19.7. The van der Waals surface area contributed by atoms with Gasteiger partial charge in [0.05, 0.1) is 12.5 Å². The Hall–Kier alpha value is -4.02. The number of phenols is 2. The number of phenolic OH excluding ortho intramolecular Hbond substituents is 2. The Morgan fingerprint density at radius 1 is 0.500 bits per heavy atom. The average Bonchev–Trinajstić information content (AvgIpc) is 3.06. The summed E-state index contributed by atoms with van der Waals surface area (Å²) in [4.78, 5) is 9.00. The first-order valence-corrected chi connectivity index (χ1v) is 26.1. The van der Waals surface area contributed by atoms with Crippen molar-refractivity contribution in [1.82, 2.24) is 0 Å². The first kappa shape index (κ1) is 48.1. The Kier molecular flexibility index (Phi) is 15.9. The second kappa shape index (κ2) is 18.5. The quantitative estimate of drug-likeness (QED) is 0.154. The van der Waals surface area contributed by atoms with Gasteiger partial charge >= 0.3 is 0 Å². The lowest BCUT2D eigenvalue weighted by atomic mass is 9.81. The first-order chi connectivity index (χ1) is 25.4. The minimum Gasteiger partial charge on any atom is -0.508 e. The van der Waals surface area contributed by atoms with Gasteiger partial charge in [0, 0.05) is 29.2 Å². The molecule has 0 radical (unpaired) electrons. The minimum atomic E-state index is -1.71. The van der Waals surface area contributed by atoms with Gasteiger partial charge in [-0.25, -0.2) is 0 Å². The van der Waals surface area contributed by atoms with Crippen molar-refractivity contribution in [2.75, 3.05) is 12.5 Å². The zero-order chi connectivity index (χ0) is 43.1. The molecule has 0 saturated carbocycles. The molecule has 0 spiro atoms. The molecule has 56 heavy (non-hydrogen) atoms. The van der Waals surface area contributed by atoms with Crippen LogP contribution in [0, 0.1) is 0 Å². The number of rotatable bonds is 8. The van der Waals surface area contributed by atoms with Crippen LogP contribution >= 0.6 is 0 Å². The number of carboxylic acid groups (broad SMARTS) is 1. The lowest BCUT2D eigenvalue weighted by Crippen LogP contribution is -2.47. The third-order valence-corrected chi connectivity index (χ3v) is 15.2. The van der Waals surface area contributed by atoms with Crippen LogP contribution in [-0.4, -0.2) is 49.9 Å². The molecule has 4 aromatic carbocycles. The van der Waals surface area contributed by atoms with Crippen molar-refractivity contribution in [3.63, 3.8) is 0 Å². The number of aliphatic carboxylic acids is 1. The van der Waals surface area contributed by atoms with Gasteiger partial charge in [-0.05, 0) is 45.9 Å². The largest absolute Gasteiger partial charge is 0.508 e. The van der Waals surface area contributed by atoms with E-state index in [-0.39, 0.29) is 21.7 Å². The van der Waals surface area contributed by atoms with E-state index >= 15 is 0 Å². The molecule has 0 atom stereocenters. The van der Waals surface area contributed by atoms with E-state index in [1.807, 2.05) is 24.3 Å². The third-order valence-electron chi connectivity index (χ3n) is 9.72. The van der Waals surface area contributed by atoms with Gasteiger partial charge < -0.3 is 24.8 Å². The summed E-state index contributed by atoms with van der Waals surface area (Å²) in [6.45, 7) is 36.1. The Morgan fingerprint density at radius 2 is 0.750 bits per heavy atom. The maximum Gasteiger partial charge on any atom is 0.300 e. The van der Waals surface area contributed by atoms with Crippen molar-refractivity contribution in [2.24, 2.45) is 0 Å².